The van der Waals surface area contributed by atoms with E-state index in [1.165, 1.54) is 7.05 Å². The quantitative estimate of drug-likeness (QED) is 0.240. The van der Waals surface area contributed by atoms with Crippen LogP contribution in [-0.2, 0) is 29.7 Å². The van der Waals surface area contributed by atoms with Crippen molar-refractivity contribution in [2.45, 2.75) is 51.6 Å². The van der Waals surface area contributed by atoms with Crippen molar-refractivity contribution >= 4 is 28.6 Å². The van der Waals surface area contributed by atoms with Crippen LogP contribution in [0.5, 0.6) is 11.6 Å². The van der Waals surface area contributed by atoms with E-state index in [1.54, 1.807) is 38.1 Å². The maximum absolute atomic E-state index is 12.5. The molecular formula is C20H23F3IN3O6. The first-order valence-corrected chi connectivity index (χ1v) is 11.3. The van der Waals surface area contributed by atoms with Crippen molar-refractivity contribution in [3.8, 4) is 11.6 Å². The molecular weight excluding hydrogens is 562 g/mol. The normalized spacial score (nSPS) is 11.8. The number of carbonyl (C=O) groups excluding carboxylic acids is 1. The number of aromatic nitrogens is 3. The van der Waals surface area contributed by atoms with Gasteiger partial charge in [-0.1, -0.05) is 12.1 Å². The summed E-state index contributed by atoms with van der Waals surface area (Å²) in [5, 5.41) is 3.76. The third kappa shape index (κ3) is 7.75. The van der Waals surface area contributed by atoms with Crippen molar-refractivity contribution < 1.29 is 32.2 Å². The minimum atomic E-state index is -4.39. The number of aryl methyl sites for hydroxylation is 1. The number of nitrogens with zero attached hydrogens (tertiary/aromatic N) is 3. The molecule has 0 bridgehead atoms. The number of benzene rings is 1. The van der Waals surface area contributed by atoms with Crippen LogP contribution in [0, 0.1) is 0 Å². The summed E-state index contributed by atoms with van der Waals surface area (Å²) in [5.74, 6) is -0.523. The fraction of sp³-hybridized carbons (Fsp3) is 0.500. The van der Waals surface area contributed by atoms with Crippen LogP contribution in [0.2, 0.25) is 0 Å². The van der Waals surface area contributed by atoms with Gasteiger partial charge in [-0.05, 0) is 60.6 Å². The Morgan fingerprint density at radius 1 is 1.15 bits per heavy atom. The number of carbonyl (C=O) groups is 1. The van der Waals surface area contributed by atoms with Gasteiger partial charge < -0.3 is 14.2 Å². The number of ether oxygens (including phenoxy) is 3. The monoisotopic (exact) mass is 585 g/mol. The van der Waals surface area contributed by atoms with Crippen LogP contribution in [0.4, 0.5) is 13.2 Å². The molecule has 1 aromatic carbocycles. The van der Waals surface area contributed by atoms with Gasteiger partial charge in [-0.3, -0.25) is 9.36 Å². The van der Waals surface area contributed by atoms with Crippen molar-refractivity contribution in [2.24, 2.45) is 7.05 Å². The van der Waals surface area contributed by atoms with Gasteiger partial charge in [0.25, 0.3) is 5.88 Å². The van der Waals surface area contributed by atoms with Gasteiger partial charge in [-0.25, -0.2) is 14.3 Å². The van der Waals surface area contributed by atoms with Crippen LogP contribution in [0.3, 0.4) is 0 Å². The Morgan fingerprint density at radius 3 is 2.36 bits per heavy atom. The van der Waals surface area contributed by atoms with E-state index in [1.807, 2.05) is 22.6 Å². The molecule has 1 heterocycles. The fourth-order valence-electron chi connectivity index (χ4n) is 2.69. The number of hydrogen-bond donors (Lipinski definition) is 0. The first kappa shape index (κ1) is 26.7. The molecule has 0 saturated heterocycles. The van der Waals surface area contributed by atoms with Crippen LogP contribution in [0.1, 0.15) is 32.3 Å². The molecule has 0 fully saturated rings. The zero-order valence-corrected chi connectivity index (χ0v) is 20.3. The second-order valence-corrected chi connectivity index (χ2v) is 8.10. The third-order valence-electron chi connectivity index (χ3n) is 4.37. The highest BCUT2D eigenvalue weighted by molar-refractivity contribution is 14.1. The Labute approximate surface area is 200 Å². The maximum atomic E-state index is 12.5. The number of rotatable bonds is 10. The van der Waals surface area contributed by atoms with E-state index in [2.05, 4.69) is 5.10 Å². The highest BCUT2D eigenvalue weighted by atomic mass is 127. The molecule has 2 aromatic rings. The number of esters is 1. The molecule has 0 amide bonds. The van der Waals surface area contributed by atoms with Crippen LogP contribution in [-0.4, -0.2) is 36.7 Å². The lowest BCUT2D eigenvalue weighted by Gasteiger charge is -2.23. The van der Waals surface area contributed by atoms with E-state index in [-0.39, 0.29) is 11.2 Å². The summed E-state index contributed by atoms with van der Waals surface area (Å²) in [4.78, 5) is 36.5. The lowest BCUT2D eigenvalue weighted by molar-refractivity contribution is -0.156. The van der Waals surface area contributed by atoms with Crippen LogP contribution in [0.15, 0.2) is 33.9 Å². The zero-order chi connectivity index (χ0) is 24.8. The summed E-state index contributed by atoms with van der Waals surface area (Å²) >= 11 is 1.90. The van der Waals surface area contributed by atoms with Crippen molar-refractivity contribution in [2.75, 3.05) is 4.61 Å². The Bertz CT molecular complexity index is 1080. The van der Waals surface area contributed by atoms with E-state index < -0.39 is 54.3 Å². The average Bonchev–Trinajstić information content (AvgIpc) is 2.72. The van der Waals surface area contributed by atoms with E-state index in [9.17, 15) is 27.6 Å². The fourth-order valence-corrected chi connectivity index (χ4v) is 2.97. The van der Waals surface area contributed by atoms with E-state index in [0.29, 0.717) is 15.9 Å². The molecule has 0 aliphatic heterocycles. The maximum Gasteiger partial charge on any atom is 0.389 e. The molecule has 33 heavy (non-hydrogen) atoms. The Morgan fingerprint density at radius 2 is 1.79 bits per heavy atom. The molecule has 182 valence electrons. The highest BCUT2D eigenvalue weighted by Gasteiger charge is 2.31. The smallest absolute Gasteiger partial charge is 0.389 e. The summed E-state index contributed by atoms with van der Waals surface area (Å²) < 4.78 is 54.9. The van der Waals surface area contributed by atoms with E-state index in [4.69, 9.17) is 14.2 Å². The lowest BCUT2D eigenvalue weighted by atomic mass is 10.1. The Kier molecular flexibility index (Phi) is 8.91. The van der Waals surface area contributed by atoms with Gasteiger partial charge in [0.1, 0.15) is 17.0 Å². The summed E-state index contributed by atoms with van der Waals surface area (Å²) in [6.45, 7) is 2.64. The standard InChI is InChI=1S/C20H23F3IN3O6/c1-19(2,17(29)32-12-24)33-14-7-5-13(6-8-14)11-31-15-16(28)27(18(30)26(3)25-15)10-4-9-20(21,22)23/h5-8H,4,9-12H2,1-3H3. The van der Waals surface area contributed by atoms with E-state index >= 15 is 0 Å². The molecule has 1 aromatic heterocycles. The largest absolute Gasteiger partial charge is 0.476 e. The summed E-state index contributed by atoms with van der Waals surface area (Å²) in [7, 11) is 1.27. The van der Waals surface area contributed by atoms with E-state index in [0.717, 1.165) is 4.68 Å². The Balaban J connectivity index is 2.08. The summed E-state index contributed by atoms with van der Waals surface area (Å²) in [6.07, 6.45) is -5.93. The van der Waals surface area contributed by atoms with Gasteiger partial charge in [0.15, 0.2) is 5.60 Å². The van der Waals surface area contributed by atoms with Crippen LogP contribution in [0.25, 0.3) is 0 Å². The minimum Gasteiger partial charge on any atom is -0.476 e. The second-order valence-electron chi connectivity index (χ2n) is 7.47. The number of alkyl halides is 4. The molecule has 0 atom stereocenters. The molecule has 2 rings (SSSR count). The summed E-state index contributed by atoms with van der Waals surface area (Å²) in [5.41, 5.74) is -2.32. The second kappa shape index (κ2) is 11.0. The number of hydrogen-bond acceptors (Lipinski definition) is 7. The number of halogens is 4. The SMILES string of the molecule is Cn1nc(OCc2ccc(OC(C)(C)C(=O)OCI)cc2)c(=O)n(CCCC(F)(F)F)c1=O. The van der Waals surface area contributed by atoms with Gasteiger partial charge in [-0.15, -0.1) is 5.10 Å². The minimum absolute atomic E-state index is 0.0937. The lowest BCUT2D eigenvalue weighted by Crippen LogP contribution is -2.41. The predicted octanol–water partition coefficient (Wildman–Crippen LogP) is 2.96. The third-order valence-corrected chi connectivity index (χ3v) is 4.68. The van der Waals surface area contributed by atoms with Gasteiger partial charge in [0.2, 0.25) is 0 Å². The van der Waals surface area contributed by atoms with Gasteiger partial charge >= 0.3 is 23.4 Å². The molecule has 0 radical (unpaired) electrons. The van der Waals surface area contributed by atoms with Crippen molar-refractivity contribution in [3.63, 3.8) is 0 Å². The molecule has 0 aliphatic rings. The van der Waals surface area contributed by atoms with Crippen LogP contribution >= 0.6 is 22.6 Å². The highest BCUT2D eigenvalue weighted by Crippen LogP contribution is 2.22. The molecule has 13 heteroatoms. The first-order chi connectivity index (χ1) is 15.3. The molecule has 9 nitrogen and oxygen atoms in total. The van der Waals surface area contributed by atoms with Crippen LogP contribution < -0.4 is 20.7 Å². The topological polar surface area (TPSA) is 102 Å². The average molecular weight is 585 g/mol. The first-order valence-electron chi connectivity index (χ1n) is 9.73. The Hall–Kier alpha value is -2.58. The zero-order valence-electron chi connectivity index (χ0n) is 18.1. The van der Waals surface area contributed by atoms with Gasteiger partial charge in [-0.2, -0.15) is 13.2 Å². The molecule has 0 saturated carbocycles. The van der Waals surface area contributed by atoms with Crippen molar-refractivity contribution in [1.82, 2.24) is 14.3 Å². The molecule has 0 aliphatic carbocycles. The predicted molar refractivity (Wildman–Crippen MR) is 119 cm³/mol. The van der Waals surface area contributed by atoms with Crippen molar-refractivity contribution in [1.29, 1.82) is 0 Å². The summed E-state index contributed by atoms with van der Waals surface area (Å²) in [6, 6.07) is 6.47. The van der Waals surface area contributed by atoms with Gasteiger partial charge in [0.05, 0.1) is 0 Å². The molecule has 0 spiro atoms. The van der Waals surface area contributed by atoms with Gasteiger partial charge in [0, 0.05) is 20.0 Å². The van der Waals surface area contributed by atoms with Crippen molar-refractivity contribution in [3.05, 3.63) is 50.7 Å². The molecule has 0 unspecified atom stereocenters. The molecule has 0 N–H and O–H groups in total.